The van der Waals surface area contributed by atoms with E-state index in [9.17, 15) is 8.76 Å². The van der Waals surface area contributed by atoms with E-state index in [0.29, 0.717) is 18.0 Å². The zero-order valence-corrected chi connectivity index (χ0v) is 15.6. The van der Waals surface area contributed by atoms with E-state index < -0.39 is 11.4 Å². The zero-order chi connectivity index (χ0) is 18.5. The van der Waals surface area contributed by atoms with Crippen molar-refractivity contribution in [3.8, 4) is 23.0 Å². The molecule has 0 radical (unpaired) electrons. The van der Waals surface area contributed by atoms with Crippen molar-refractivity contribution in [2.45, 2.75) is 25.4 Å². The highest BCUT2D eigenvalue weighted by Crippen LogP contribution is 2.46. The number of methoxy groups -OCH3 is 1. The molecule has 27 heavy (non-hydrogen) atoms. The third-order valence-corrected chi connectivity index (χ3v) is 5.88. The fourth-order valence-electron chi connectivity index (χ4n) is 4.32. The number of ether oxygens (including phenoxy) is 3. The summed E-state index contributed by atoms with van der Waals surface area (Å²) >= 11 is -2.40. The van der Waals surface area contributed by atoms with E-state index in [1.165, 1.54) is 18.2 Å². The first kappa shape index (κ1) is 16.9. The molecule has 5 rings (SSSR count). The largest absolute Gasteiger partial charge is 0.493 e. The molecule has 7 nitrogen and oxygen atoms in total. The molecule has 2 atom stereocenters. The Balaban J connectivity index is 1.56. The first-order chi connectivity index (χ1) is 13.1. The summed E-state index contributed by atoms with van der Waals surface area (Å²) in [7, 11) is 1.53. The van der Waals surface area contributed by atoms with Crippen LogP contribution < -0.4 is 18.4 Å². The van der Waals surface area contributed by atoms with Gasteiger partial charge in [-0.3, -0.25) is 9.45 Å². The minimum absolute atomic E-state index is 0.233. The van der Waals surface area contributed by atoms with Crippen LogP contribution in [0, 0.1) is 0 Å². The standard InChI is InChI=1S/C19H19NO6S/c1-23-16-3-2-11-6-15-13-8-18-17(24-10-25-18)7-12(13)4-5-20(15)9-14(11)19(16)26-27(21)22/h2-3,7-8,15H,4-6,9-10H2,1H3,(H,21,22). The molecule has 1 N–H and O–H groups in total. The third-order valence-electron chi connectivity index (χ3n) is 5.57. The van der Waals surface area contributed by atoms with Crippen LogP contribution in [0.1, 0.15) is 28.3 Å². The Hall–Kier alpha value is -2.29. The van der Waals surface area contributed by atoms with Gasteiger partial charge in [-0.1, -0.05) is 6.07 Å². The van der Waals surface area contributed by atoms with Crippen LogP contribution >= 0.6 is 0 Å². The Morgan fingerprint density at radius 3 is 2.81 bits per heavy atom. The van der Waals surface area contributed by atoms with Crippen LogP contribution in [-0.2, 0) is 30.7 Å². The van der Waals surface area contributed by atoms with Crippen molar-refractivity contribution in [3.05, 3.63) is 46.5 Å². The van der Waals surface area contributed by atoms with E-state index in [0.717, 1.165) is 42.0 Å². The van der Waals surface area contributed by atoms with Gasteiger partial charge in [0.15, 0.2) is 23.0 Å². The average Bonchev–Trinajstić information content (AvgIpc) is 3.12. The number of fused-ring (bicyclic) bond motifs is 5. The van der Waals surface area contributed by atoms with E-state index in [-0.39, 0.29) is 12.8 Å². The van der Waals surface area contributed by atoms with Gasteiger partial charge in [-0.2, -0.15) is 4.21 Å². The molecule has 0 aliphatic carbocycles. The van der Waals surface area contributed by atoms with E-state index in [2.05, 4.69) is 17.0 Å². The van der Waals surface area contributed by atoms with Crippen molar-refractivity contribution in [1.29, 1.82) is 0 Å². The molecule has 2 aromatic carbocycles. The minimum Gasteiger partial charge on any atom is -0.493 e. The summed E-state index contributed by atoms with van der Waals surface area (Å²) < 4.78 is 42.1. The molecule has 0 saturated carbocycles. The maximum Gasteiger partial charge on any atom is 0.357 e. The Labute approximate surface area is 159 Å². The van der Waals surface area contributed by atoms with Crippen LogP contribution in [0.25, 0.3) is 0 Å². The topological polar surface area (TPSA) is 77.5 Å². The van der Waals surface area contributed by atoms with Crippen molar-refractivity contribution in [3.63, 3.8) is 0 Å². The predicted molar refractivity (Wildman–Crippen MR) is 97.5 cm³/mol. The van der Waals surface area contributed by atoms with Crippen LogP contribution in [0.4, 0.5) is 0 Å². The molecule has 0 fully saturated rings. The van der Waals surface area contributed by atoms with E-state index in [1.54, 1.807) is 6.07 Å². The van der Waals surface area contributed by atoms with Crippen LogP contribution in [0.5, 0.6) is 23.0 Å². The van der Waals surface area contributed by atoms with Gasteiger partial charge in [-0.25, -0.2) is 0 Å². The molecule has 2 aromatic rings. The Morgan fingerprint density at radius 2 is 2.04 bits per heavy atom. The van der Waals surface area contributed by atoms with Gasteiger partial charge < -0.3 is 18.4 Å². The third kappa shape index (κ3) is 2.75. The summed E-state index contributed by atoms with van der Waals surface area (Å²) in [5, 5.41) is 0. The van der Waals surface area contributed by atoms with Crippen molar-refractivity contribution in [2.75, 3.05) is 20.4 Å². The van der Waals surface area contributed by atoms with Gasteiger partial charge >= 0.3 is 11.4 Å². The molecular weight excluding hydrogens is 370 g/mol. The van der Waals surface area contributed by atoms with Crippen molar-refractivity contribution in [1.82, 2.24) is 4.90 Å². The summed E-state index contributed by atoms with van der Waals surface area (Å²) in [6, 6.07) is 8.24. The van der Waals surface area contributed by atoms with E-state index in [4.69, 9.17) is 18.4 Å². The smallest absolute Gasteiger partial charge is 0.357 e. The SMILES string of the molecule is COc1ccc2c(c1OS(=O)O)CN1CCc3cc4c(cc3C1C2)OCO4. The van der Waals surface area contributed by atoms with Crippen molar-refractivity contribution < 1.29 is 27.2 Å². The normalized spacial score (nSPS) is 21.0. The summed E-state index contributed by atoms with van der Waals surface area (Å²) in [6.07, 6.45) is 1.71. The number of hydrogen-bond donors (Lipinski definition) is 1. The van der Waals surface area contributed by atoms with Gasteiger partial charge in [0.1, 0.15) is 0 Å². The second-order valence-electron chi connectivity index (χ2n) is 6.88. The molecule has 2 unspecified atom stereocenters. The molecule has 8 heteroatoms. The summed E-state index contributed by atoms with van der Waals surface area (Å²) in [5.74, 6) is 2.45. The van der Waals surface area contributed by atoms with Crippen LogP contribution in [0.15, 0.2) is 24.3 Å². The van der Waals surface area contributed by atoms with Gasteiger partial charge in [0, 0.05) is 24.7 Å². The summed E-state index contributed by atoms with van der Waals surface area (Å²) in [4.78, 5) is 2.37. The van der Waals surface area contributed by atoms with Crippen LogP contribution in [0.3, 0.4) is 0 Å². The molecule has 0 bridgehead atoms. The molecular formula is C19H19NO6S. The number of hydrogen-bond acceptors (Lipinski definition) is 6. The molecule has 0 spiro atoms. The number of benzene rings is 2. The van der Waals surface area contributed by atoms with Gasteiger partial charge in [-0.15, -0.1) is 0 Å². The van der Waals surface area contributed by atoms with Crippen LogP contribution in [-0.4, -0.2) is 34.1 Å². The maximum atomic E-state index is 11.3. The van der Waals surface area contributed by atoms with Crippen molar-refractivity contribution in [2.24, 2.45) is 0 Å². The van der Waals surface area contributed by atoms with Crippen LogP contribution in [0.2, 0.25) is 0 Å². The fourth-order valence-corrected chi connectivity index (χ4v) is 4.64. The lowest BCUT2D eigenvalue weighted by molar-refractivity contribution is 0.158. The highest BCUT2D eigenvalue weighted by Gasteiger charge is 2.35. The summed E-state index contributed by atoms with van der Waals surface area (Å²) in [6.45, 7) is 1.81. The molecule has 3 aliphatic rings. The lowest BCUT2D eigenvalue weighted by Crippen LogP contribution is -2.39. The summed E-state index contributed by atoms with van der Waals surface area (Å²) in [5.41, 5.74) is 4.57. The first-order valence-corrected chi connectivity index (χ1v) is 9.81. The Bertz CT molecular complexity index is 946. The van der Waals surface area contributed by atoms with E-state index in [1.807, 2.05) is 6.07 Å². The second kappa shape index (κ2) is 6.40. The maximum absolute atomic E-state index is 11.3. The molecule has 0 saturated heterocycles. The number of rotatable bonds is 3. The van der Waals surface area contributed by atoms with Gasteiger partial charge in [0.25, 0.3) is 0 Å². The zero-order valence-electron chi connectivity index (χ0n) is 14.8. The number of nitrogens with zero attached hydrogens (tertiary/aromatic N) is 1. The lowest BCUT2D eigenvalue weighted by atomic mass is 9.83. The van der Waals surface area contributed by atoms with Gasteiger partial charge in [0.2, 0.25) is 6.79 Å². The van der Waals surface area contributed by atoms with E-state index >= 15 is 0 Å². The fraction of sp³-hybridized carbons (Fsp3) is 0.368. The first-order valence-electron chi connectivity index (χ1n) is 8.78. The monoisotopic (exact) mass is 389 g/mol. The molecule has 3 aliphatic heterocycles. The van der Waals surface area contributed by atoms with Gasteiger partial charge in [-0.05, 0) is 47.7 Å². The average molecular weight is 389 g/mol. The highest BCUT2D eigenvalue weighted by molar-refractivity contribution is 7.74. The lowest BCUT2D eigenvalue weighted by Gasteiger charge is -2.41. The molecule has 0 amide bonds. The van der Waals surface area contributed by atoms with Crippen molar-refractivity contribution >= 4 is 11.4 Å². The quantitative estimate of drug-likeness (QED) is 0.809. The highest BCUT2D eigenvalue weighted by atomic mass is 32.2. The Morgan fingerprint density at radius 1 is 1.22 bits per heavy atom. The Kier molecular flexibility index (Phi) is 3.99. The molecule has 0 aromatic heterocycles. The predicted octanol–water partition coefficient (Wildman–Crippen LogP) is 2.59. The van der Waals surface area contributed by atoms with Gasteiger partial charge in [0.05, 0.1) is 7.11 Å². The minimum atomic E-state index is -2.40. The molecule has 3 heterocycles. The second-order valence-corrected chi connectivity index (χ2v) is 7.48. The molecule has 142 valence electrons.